The molecule has 0 saturated carbocycles. The molecule has 8 heteroatoms. The minimum Gasteiger partial charge on any atom is -0.507 e. The number of hydrogen-bond donors (Lipinski definition) is 1. The lowest BCUT2D eigenvalue weighted by atomic mass is 9.96. The summed E-state index contributed by atoms with van der Waals surface area (Å²) in [5, 5.41) is 11.2. The summed E-state index contributed by atoms with van der Waals surface area (Å²) in [5.41, 5.74) is 1.41. The molecule has 166 valence electrons. The summed E-state index contributed by atoms with van der Waals surface area (Å²) in [7, 11) is 0. The van der Waals surface area contributed by atoms with Crippen LogP contribution < -0.4 is 19.1 Å². The van der Waals surface area contributed by atoms with Crippen molar-refractivity contribution in [3.63, 3.8) is 0 Å². The summed E-state index contributed by atoms with van der Waals surface area (Å²) >= 11 is 0. The Hall–Kier alpha value is -4.33. The van der Waals surface area contributed by atoms with E-state index in [9.17, 15) is 14.7 Å². The molecule has 3 heterocycles. The van der Waals surface area contributed by atoms with Crippen LogP contribution in [-0.2, 0) is 9.59 Å². The van der Waals surface area contributed by atoms with E-state index in [-0.39, 0.29) is 18.1 Å². The zero-order chi connectivity index (χ0) is 22.9. The Bertz CT molecular complexity index is 1250. The van der Waals surface area contributed by atoms with Crippen molar-refractivity contribution in [3.8, 4) is 17.2 Å². The summed E-state index contributed by atoms with van der Waals surface area (Å²) in [5.74, 6) is -0.170. The molecule has 8 nitrogen and oxygen atoms in total. The number of Topliss-reactive ketones (excluding diaryl/α,β-unsaturated/α-hetero) is 1. The van der Waals surface area contributed by atoms with Crippen molar-refractivity contribution in [3.05, 3.63) is 83.7 Å². The highest BCUT2D eigenvalue weighted by atomic mass is 16.7. The van der Waals surface area contributed by atoms with Crippen LogP contribution in [0.3, 0.4) is 0 Å². The van der Waals surface area contributed by atoms with Crippen molar-refractivity contribution in [2.24, 2.45) is 0 Å². The number of aliphatic hydroxyl groups is 1. The van der Waals surface area contributed by atoms with E-state index in [1.165, 1.54) is 4.90 Å². The number of anilines is 1. The minimum atomic E-state index is -0.859. The number of carbonyl (C=O) groups is 2. The number of hydrogen-bond acceptors (Lipinski definition) is 7. The second-order valence-corrected chi connectivity index (χ2v) is 7.45. The summed E-state index contributed by atoms with van der Waals surface area (Å²) < 4.78 is 16.2. The largest absolute Gasteiger partial charge is 0.507 e. The van der Waals surface area contributed by atoms with Gasteiger partial charge in [0.1, 0.15) is 11.5 Å². The average Bonchev–Trinajstić information content (AvgIpc) is 3.42. The number of nitrogens with zero attached hydrogens (tertiary/aromatic N) is 2. The first-order chi connectivity index (χ1) is 16.1. The van der Waals surface area contributed by atoms with Crippen LogP contribution in [0.5, 0.6) is 17.2 Å². The van der Waals surface area contributed by atoms with Crippen LogP contribution in [0.15, 0.2) is 72.6 Å². The van der Waals surface area contributed by atoms with Crippen LogP contribution in [-0.4, -0.2) is 35.2 Å². The van der Waals surface area contributed by atoms with Crippen molar-refractivity contribution in [1.29, 1.82) is 0 Å². The van der Waals surface area contributed by atoms with Gasteiger partial charge in [-0.05, 0) is 61.0 Å². The Morgan fingerprint density at radius 1 is 1.12 bits per heavy atom. The monoisotopic (exact) mass is 444 g/mol. The molecule has 0 radical (unpaired) electrons. The maximum absolute atomic E-state index is 13.2. The molecular weight excluding hydrogens is 424 g/mol. The fourth-order valence-electron chi connectivity index (χ4n) is 4.02. The fraction of sp³-hybridized carbons (Fsp3) is 0.160. The lowest BCUT2D eigenvalue weighted by molar-refractivity contribution is -0.132. The number of ether oxygens (including phenoxy) is 3. The topological polar surface area (TPSA) is 98.2 Å². The van der Waals surface area contributed by atoms with Gasteiger partial charge >= 0.3 is 0 Å². The molecule has 1 N–H and O–H groups in total. The predicted octanol–water partition coefficient (Wildman–Crippen LogP) is 3.84. The highest BCUT2D eigenvalue weighted by Gasteiger charge is 2.47. The molecule has 0 aliphatic carbocycles. The van der Waals surface area contributed by atoms with Crippen molar-refractivity contribution in [2.75, 3.05) is 18.3 Å². The van der Waals surface area contributed by atoms with Crippen molar-refractivity contribution in [1.82, 2.24) is 4.98 Å². The van der Waals surface area contributed by atoms with Gasteiger partial charge in [-0.3, -0.25) is 19.5 Å². The number of pyridine rings is 1. The normalized spacial score (nSPS) is 18.6. The number of ketones is 1. The van der Waals surface area contributed by atoms with Crippen LogP contribution in [0.2, 0.25) is 0 Å². The second-order valence-electron chi connectivity index (χ2n) is 7.45. The number of carbonyl (C=O) groups excluding carboxylic acids is 2. The van der Waals surface area contributed by atoms with Crippen molar-refractivity contribution in [2.45, 2.75) is 13.0 Å². The molecule has 1 atom stereocenters. The number of amides is 1. The van der Waals surface area contributed by atoms with E-state index in [1.54, 1.807) is 67.0 Å². The standard InChI is InChI=1S/C25H20N2O6/c1-2-31-18-8-6-17(7-9-18)27-22(16-4-3-11-26-13-16)21(24(29)25(27)30)23(28)15-5-10-19-20(12-15)33-14-32-19/h3-13,22,28H,2,14H2,1H3/b23-21-. The van der Waals surface area contributed by atoms with Crippen LogP contribution in [0, 0.1) is 0 Å². The SMILES string of the molecule is CCOc1ccc(N2C(=O)C(=O)/C(=C(\O)c3ccc4c(c3)OCO4)C2c2cccnc2)cc1. The first kappa shape index (κ1) is 20.6. The van der Waals surface area contributed by atoms with Gasteiger partial charge in [-0.25, -0.2) is 0 Å². The lowest BCUT2D eigenvalue weighted by Gasteiger charge is -2.25. The quantitative estimate of drug-likeness (QED) is 0.363. The molecule has 2 aliphatic heterocycles. The van der Waals surface area contributed by atoms with Crippen molar-refractivity contribution < 1.29 is 28.9 Å². The number of benzene rings is 2. The van der Waals surface area contributed by atoms with E-state index >= 15 is 0 Å². The van der Waals surface area contributed by atoms with Crippen LogP contribution in [0.4, 0.5) is 5.69 Å². The maximum Gasteiger partial charge on any atom is 0.300 e. The Kier molecular flexibility index (Phi) is 5.18. The number of aliphatic hydroxyl groups excluding tert-OH is 1. The zero-order valence-corrected chi connectivity index (χ0v) is 17.7. The van der Waals surface area contributed by atoms with Crippen LogP contribution >= 0.6 is 0 Å². The summed E-state index contributed by atoms with van der Waals surface area (Å²) in [4.78, 5) is 31.9. The molecule has 2 aromatic carbocycles. The molecule has 5 rings (SSSR count). The molecule has 2 aliphatic rings. The Morgan fingerprint density at radius 3 is 2.64 bits per heavy atom. The van der Waals surface area contributed by atoms with Gasteiger partial charge in [0.25, 0.3) is 11.7 Å². The van der Waals surface area contributed by atoms with E-state index in [2.05, 4.69) is 4.98 Å². The smallest absolute Gasteiger partial charge is 0.300 e. The predicted molar refractivity (Wildman–Crippen MR) is 119 cm³/mol. The summed E-state index contributed by atoms with van der Waals surface area (Å²) in [6, 6.07) is 14.4. The average molecular weight is 444 g/mol. The molecule has 0 bridgehead atoms. The molecule has 1 saturated heterocycles. The van der Waals surface area contributed by atoms with Gasteiger partial charge in [0.05, 0.1) is 18.2 Å². The van der Waals surface area contributed by atoms with Crippen molar-refractivity contribution >= 4 is 23.1 Å². The third-order valence-corrected chi connectivity index (χ3v) is 5.52. The number of rotatable bonds is 5. The zero-order valence-electron chi connectivity index (χ0n) is 17.7. The van der Waals surface area contributed by atoms with E-state index in [0.29, 0.717) is 40.7 Å². The number of fused-ring (bicyclic) bond motifs is 1. The van der Waals surface area contributed by atoms with Gasteiger partial charge in [0, 0.05) is 23.6 Å². The molecule has 0 spiro atoms. The second kappa shape index (κ2) is 8.31. The Balaban J connectivity index is 1.65. The molecule has 1 unspecified atom stereocenters. The Morgan fingerprint density at radius 2 is 1.91 bits per heavy atom. The van der Waals surface area contributed by atoms with Crippen LogP contribution in [0.25, 0.3) is 5.76 Å². The molecule has 3 aromatic rings. The summed E-state index contributed by atoms with van der Waals surface area (Å²) in [6.07, 6.45) is 3.18. The summed E-state index contributed by atoms with van der Waals surface area (Å²) in [6.45, 7) is 2.47. The highest BCUT2D eigenvalue weighted by Crippen LogP contribution is 2.43. The molecule has 1 aromatic heterocycles. The first-order valence-corrected chi connectivity index (χ1v) is 10.4. The first-order valence-electron chi connectivity index (χ1n) is 10.4. The Labute approximate surface area is 189 Å². The number of aromatic nitrogens is 1. The van der Waals surface area contributed by atoms with Gasteiger partial charge in [0.15, 0.2) is 11.5 Å². The lowest BCUT2D eigenvalue weighted by Crippen LogP contribution is -2.29. The minimum absolute atomic E-state index is 0.0271. The third kappa shape index (κ3) is 3.55. The van der Waals surface area contributed by atoms with E-state index < -0.39 is 17.7 Å². The highest BCUT2D eigenvalue weighted by molar-refractivity contribution is 6.51. The van der Waals surface area contributed by atoms with E-state index in [1.807, 2.05) is 6.92 Å². The van der Waals surface area contributed by atoms with E-state index in [0.717, 1.165) is 0 Å². The fourth-order valence-corrected chi connectivity index (χ4v) is 4.02. The molecular formula is C25H20N2O6. The van der Waals surface area contributed by atoms with Crippen LogP contribution in [0.1, 0.15) is 24.1 Å². The van der Waals surface area contributed by atoms with Gasteiger partial charge in [-0.15, -0.1) is 0 Å². The van der Waals surface area contributed by atoms with E-state index in [4.69, 9.17) is 14.2 Å². The molecule has 33 heavy (non-hydrogen) atoms. The molecule has 1 fully saturated rings. The van der Waals surface area contributed by atoms with Gasteiger partial charge in [0.2, 0.25) is 6.79 Å². The third-order valence-electron chi connectivity index (χ3n) is 5.52. The van der Waals surface area contributed by atoms with Gasteiger partial charge in [-0.1, -0.05) is 6.07 Å². The maximum atomic E-state index is 13.2. The van der Waals surface area contributed by atoms with Gasteiger partial charge < -0.3 is 19.3 Å². The van der Waals surface area contributed by atoms with Gasteiger partial charge in [-0.2, -0.15) is 0 Å². The molecule has 1 amide bonds.